The Morgan fingerprint density at radius 1 is 1.31 bits per heavy atom. The Bertz CT molecular complexity index is 367. The van der Waals surface area contributed by atoms with Gasteiger partial charge in [-0.2, -0.15) is 0 Å². The smallest absolute Gasteiger partial charge is 0.0816 e. The van der Waals surface area contributed by atoms with Crippen LogP contribution in [0.15, 0.2) is 36.1 Å². The van der Waals surface area contributed by atoms with Gasteiger partial charge in [0.1, 0.15) is 0 Å². The molecule has 86 valence electrons. The van der Waals surface area contributed by atoms with E-state index in [9.17, 15) is 0 Å². The van der Waals surface area contributed by atoms with E-state index in [2.05, 4.69) is 12.1 Å². The number of methoxy groups -OCH3 is 1. The zero-order valence-electron chi connectivity index (χ0n) is 9.58. The molecule has 0 radical (unpaired) electrons. The van der Waals surface area contributed by atoms with Crippen molar-refractivity contribution in [3.63, 3.8) is 0 Å². The molecule has 0 spiro atoms. The van der Waals surface area contributed by atoms with Crippen molar-refractivity contribution in [2.45, 2.75) is 31.6 Å². The number of rotatable bonds is 2. The molecule has 1 unspecified atom stereocenters. The van der Waals surface area contributed by atoms with Crippen molar-refractivity contribution < 1.29 is 4.74 Å². The fourth-order valence-corrected chi connectivity index (χ4v) is 2.52. The lowest BCUT2D eigenvalue weighted by molar-refractivity contribution is 0.326. The van der Waals surface area contributed by atoms with Gasteiger partial charge < -0.3 is 4.74 Å². The normalized spacial score (nSPS) is 23.4. The van der Waals surface area contributed by atoms with Crippen molar-refractivity contribution in [3.05, 3.63) is 46.7 Å². The molecular weight excluding hydrogens is 220 g/mol. The van der Waals surface area contributed by atoms with Gasteiger partial charge in [-0.1, -0.05) is 23.7 Å². The molecular formula is C14H17ClO. The Labute approximate surface area is 102 Å². The van der Waals surface area contributed by atoms with Gasteiger partial charge in [-0.3, -0.25) is 0 Å². The molecule has 16 heavy (non-hydrogen) atoms. The predicted octanol–water partition coefficient (Wildman–Crippen LogP) is 4.53. The fourth-order valence-electron chi connectivity index (χ4n) is 2.39. The van der Waals surface area contributed by atoms with Gasteiger partial charge >= 0.3 is 0 Å². The van der Waals surface area contributed by atoms with E-state index in [1.54, 1.807) is 7.11 Å². The lowest BCUT2D eigenvalue weighted by Crippen LogP contribution is -2.07. The molecule has 0 heterocycles. The van der Waals surface area contributed by atoms with Crippen LogP contribution in [-0.4, -0.2) is 7.11 Å². The van der Waals surface area contributed by atoms with Gasteiger partial charge in [-0.05, 0) is 54.9 Å². The maximum Gasteiger partial charge on any atom is 0.0816 e. The summed E-state index contributed by atoms with van der Waals surface area (Å²) in [6.45, 7) is 0. The number of halogens is 1. The highest BCUT2D eigenvalue weighted by Gasteiger charge is 2.18. The van der Waals surface area contributed by atoms with Crippen LogP contribution in [0.3, 0.4) is 0 Å². The lowest BCUT2D eigenvalue weighted by atomic mass is 9.82. The SMILES string of the molecule is COC=C1CCCC(c2ccc(Cl)cc2)C1. The highest BCUT2D eigenvalue weighted by Crippen LogP contribution is 2.36. The number of allylic oxidation sites excluding steroid dienone is 1. The first-order chi connectivity index (χ1) is 7.79. The van der Waals surface area contributed by atoms with Gasteiger partial charge in [0.05, 0.1) is 13.4 Å². The summed E-state index contributed by atoms with van der Waals surface area (Å²) in [7, 11) is 1.72. The summed E-state index contributed by atoms with van der Waals surface area (Å²) in [5.41, 5.74) is 2.82. The fraction of sp³-hybridized carbons (Fsp3) is 0.429. The standard InChI is InChI=1S/C14H17ClO/c1-16-10-11-3-2-4-13(9-11)12-5-7-14(15)8-6-12/h5-8,10,13H,2-4,9H2,1H3. The first-order valence-electron chi connectivity index (χ1n) is 5.76. The lowest BCUT2D eigenvalue weighted by Gasteiger charge is -2.24. The van der Waals surface area contributed by atoms with Crippen LogP contribution in [0.4, 0.5) is 0 Å². The van der Waals surface area contributed by atoms with Crippen molar-refractivity contribution in [1.29, 1.82) is 0 Å². The maximum atomic E-state index is 5.90. The van der Waals surface area contributed by atoms with Crippen LogP contribution >= 0.6 is 11.6 Å². The van der Waals surface area contributed by atoms with Crippen LogP contribution in [-0.2, 0) is 4.74 Å². The maximum absolute atomic E-state index is 5.90. The van der Waals surface area contributed by atoms with E-state index in [1.807, 2.05) is 18.4 Å². The topological polar surface area (TPSA) is 9.23 Å². The number of hydrogen-bond donors (Lipinski definition) is 0. The summed E-state index contributed by atoms with van der Waals surface area (Å²) in [4.78, 5) is 0. The molecule has 0 amide bonds. The Kier molecular flexibility index (Phi) is 3.89. The molecule has 1 saturated carbocycles. The highest BCUT2D eigenvalue weighted by molar-refractivity contribution is 6.30. The molecule has 1 aliphatic carbocycles. The molecule has 1 aromatic rings. The van der Waals surface area contributed by atoms with Crippen molar-refractivity contribution in [1.82, 2.24) is 0 Å². The Balaban J connectivity index is 2.09. The summed E-state index contributed by atoms with van der Waals surface area (Å²) in [5, 5.41) is 0.812. The monoisotopic (exact) mass is 236 g/mol. The third kappa shape index (κ3) is 2.79. The van der Waals surface area contributed by atoms with E-state index in [4.69, 9.17) is 16.3 Å². The molecule has 1 aromatic carbocycles. The summed E-state index contributed by atoms with van der Waals surface area (Å²) in [6.07, 6.45) is 6.72. The number of benzene rings is 1. The minimum atomic E-state index is 0.632. The molecule has 0 aromatic heterocycles. The minimum absolute atomic E-state index is 0.632. The molecule has 0 N–H and O–H groups in total. The van der Waals surface area contributed by atoms with Gasteiger partial charge in [-0.15, -0.1) is 0 Å². The summed E-state index contributed by atoms with van der Waals surface area (Å²) < 4.78 is 5.10. The zero-order chi connectivity index (χ0) is 11.4. The number of ether oxygens (including phenoxy) is 1. The van der Waals surface area contributed by atoms with E-state index >= 15 is 0 Å². The van der Waals surface area contributed by atoms with Crippen molar-refractivity contribution in [2.75, 3.05) is 7.11 Å². The third-order valence-electron chi connectivity index (χ3n) is 3.18. The molecule has 1 nitrogen and oxygen atoms in total. The molecule has 2 rings (SSSR count). The van der Waals surface area contributed by atoms with E-state index in [0.29, 0.717) is 5.92 Å². The van der Waals surface area contributed by atoms with E-state index in [0.717, 1.165) is 11.4 Å². The summed E-state index contributed by atoms with van der Waals surface area (Å²) in [5.74, 6) is 0.632. The molecule has 0 bridgehead atoms. The Morgan fingerprint density at radius 2 is 2.06 bits per heavy atom. The second-order valence-corrected chi connectivity index (χ2v) is 4.79. The Morgan fingerprint density at radius 3 is 2.75 bits per heavy atom. The zero-order valence-corrected chi connectivity index (χ0v) is 10.3. The molecule has 1 atom stereocenters. The van der Waals surface area contributed by atoms with Gasteiger partial charge in [0, 0.05) is 5.02 Å². The van der Waals surface area contributed by atoms with Crippen LogP contribution in [0.25, 0.3) is 0 Å². The van der Waals surface area contributed by atoms with Crippen LogP contribution in [0, 0.1) is 0 Å². The van der Waals surface area contributed by atoms with Crippen LogP contribution in [0.1, 0.15) is 37.2 Å². The predicted molar refractivity (Wildman–Crippen MR) is 67.8 cm³/mol. The first-order valence-corrected chi connectivity index (χ1v) is 6.13. The summed E-state index contributed by atoms with van der Waals surface area (Å²) in [6, 6.07) is 8.24. The van der Waals surface area contributed by atoms with Gasteiger partial charge in [0.2, 0.25) is 0 Å². The first kappa shape index (κ1) is 11.5. The Hall–Kier alpha value is -0.950. The minimum Gasteiger partial charge on any atom is -0.504 e. The third-order valence-corrected chi connectivity index (χ3v) is 3.44. The average Bonchev–Trinajstić information content (AvgIpc) is 2.31. The second-order valence-electron chi connectivity index (χ2n) is 4.36. The molecule has 0 aliphatic heterocycles. The second kappa shape index (κ2) is 5.40. The van der Waals surface area contributed by atoms with E-state index < -0.39 is 0 Å². The summed E-state index contributed by atoms with van der Waals surface area (Å²) >= 11 is 5.90. The van der Waals surface area contributed by atoms with Crippen LogP contribution in [0.5, 0.6) is 0 Å². The highest BCUT2D eigenvalue weighted by atomic mass is 35.5. The van der Waals surface area contributed by atoms with Crippen LogP contribution < -0.4 is 0 Å². The van der Waals surface area contributed by atoms with Gasteiger partial charge in [-0.25, -0.2) is 0 Å². The number of hydrogen-bond acceptors (Lipinski definition) is 1. The van der Waals surface area contributed by atoms with E-state index in [-0.39, 0.29) is 0 Å². The quantitative estimate of drug-likeness (QED) is 0.686. The molecule has 0 saturated heterocycles. The molecule has 2 heteroatoms. The molecule has 1 fully saturated rings. The van der Waals surface area contributed by atoms with Gasteiger partial charge in [0.25, 0.3) is 0 Å². The van der Waals surface area contributed by atoms with Crippen LogP contribution in [0.2, 0.25) is 5.02 Å². The van der Waals surface area contributed by atoms with Gasteiger partial charge in [0.15, 0.2) is 0 Å². The molecule has 1 aliphatic rings. The van der Waals surface area contributed by atoms with Crippen molar-refractivity contribution in [2.24, 2.45) is 0 Å². The van der Waals surface area contributed by atoms with E-state index in [1.165, 1.54) is 30.4 Å². The van der Waals surface area contributed by atoms with Crippen molar-refractivity contribution >= 4 is 11.6 Å². The average molecular weight is 237 g/mol. The largest absolute Gasteiger partial charge is 0.504 e. The van der Waals surface area contributed by atoms with Crippen molar-refractivity contribution in [3.8, 4) is 0 Å².